The van der Waals surface area contributed by atoms with Gasteiger partial charge in [-0.3, -0.25) is 0 Å². The van der Waals surface area contributed by atoms with Gasteiger partial charge in [-0.25, -0.2) is 4.99 Å². The van der Waals surface area contributed by atoms with E-state index in [1.54, 1.807) is 0 Å². The first-order chi connectivity index (χ1) is 6.59. The maximum absolute atomic E-state index is 5.78. The molecule has 1 fully saturated rings. The van der Waals surface area contributed by atoms with Crippen molar-refractivity contribution in [2.45, 2.75) is 13.0 Å². The lowest BCUT2D eigenvalue weighted by Crippen LogP contribution is -2.47. The highest BCUT2D eigenvalue weighted by Crippen LogP contribution is 2.04. The van der Waals surface area contributed by atoms with Crippen molar-refractivity contribution in [2.24, 2.45) is 10.7 Å². The van der Waals surface area contributed by atoms with E-state index < -0.39 is 0 Å². The highest BCUT2D eigenvalue weighted by atomic mass is 127. The van der Waals surface area contributed by atoms with Gasteiger partial charge >= 0.3 is 0 Å². The Bertz CT molecular complexity index is 248. The van der Waals surface area contributed by atoms with Crippen LogP contribution in [0, 0.1) is 0 Å². The summed E-state index contributed by atoms with van der Waals surface area (Å²) in [4.78, 5) is 6.11. The van der Waals surface area contributed by atoms with E-state index in [1.165, 1.54) is 0 Å². The van der Waals surface area contributed by atoms with Crippen LogP contribution in [0.15, 0.2) is 16.6 Å². The Balaban J connectivity index is 0.00000196. The van der Waals surface area contributed by atoms with Gasteiger partial charge in [0.15, 0.2) is 5.96 Å². The first kappa shape index (κ1) is 15.0. The van der Waals surface area contributed by atoms with Gasteiger partial charge in [0.05, 0.1) is 19.3 Å². The predicted molar refractivity (Wildman–Crippen MR) is 73.9 cm³/mol. The third-order valence-corrected chi connectivity index (χ3v) is 2.10. The first-order valence-electron chi connectivity index (χ1n) is 4.59. The number of hydrogen-bond donors (Lipinski definition) is 1. The van der Waals surface area contributed by atoms with E-state index in [2.05, 4.69) is 11.6 Å². The van der Waals surface area contributed by atoms with Crippen LogP contribution in [0.25, 0.3) is 0 Å². The maximum atomic E-state index is 5.78. The number of halogens is 2. The van der Waals surface area contributed by atoms with E-state index in [0.29, 0.717) is 24.1 Å². The monoisotopic (exact) mass is 345 g/mol. The van der Waals surface area contributed by atoms with Crippen molar-refractivity contribution in [3.8, 4) is 0 Å². The normalized spacial score (nSPS) is 22.1. The molecule has 0 aliphatic carbocycles. The summed E-state index contributed by atoms with van der Waals surface area (Å²) in [6.45, 7) is 8.20. The minimum atomic E-state index is 0. The minimum Gasteiger partial charge on any atom is -0.375 e. The molecule has 0 saturated carbocycles. The number of nitrogens with zero attached hydrogens (tertiary/aromatic N) is 2. The van der Waals surface area contributed by atoms with Gasteiger partial charge in [-0.15, -0.1) is 24.0 Å². The van der Waals surface area contributed by atoms with Crippen LogP contribution in [-0.2, 0) is 4.74 Å². The second kappa shape index (κ2) is 7.29. The topological polar surface area (TPSA) is 50.8 Å². The van der Waals surface area contributed by atoms with Crippen LogP contribution in [0.5, 0.6) is 0 Å². The number of hydrogen-bond acceptors (Lipinski definition) is 2. The number of ether oxygens (including phenoxy) is 1. The molecule has 88 valence electrons. The zero-order valence-corrected chi connectivity index (χ0v) is 11.9. The summed E-state index contributed by atoms with van der Waals surface area (Å²) >= 11 is 5.59. The van der Waals surface area contributed by atoms with Gasteiger partial charge < -0.3 is 15.4 Å². The molecule has 6 heteroatoms. The molecule has 0 aromatic heterocycles. The third-order valence-electron chi connectivity index (χ3n) is 1.98. The Morgan fingerprint density at radius 3 is 2.93 bits per heavy atom. The van der Waals surface area contributed by atoms with Crippen LogP contribution in [-0.4, -0.2) is 43.2 Å². The van der Waals surface area contributed by atoms with Crippen LogP contribution in [0.4, 0.5) is 0 Å². The lowest BCUT2D eigenvalue weighted by Gasteiger charge is -2.31. The summed E-state index contributed by atoms with van der Waals surface area (Å²) in [7, 11) is 0. The Labute approximate surface area is 113 Å². The van der Waals surface area contributed by atoms with Crippen molar-refractivity contribution in [1.82, 2.24) is 4.90 Å². The van der Waals surface area contributed by atoms with Gasteiger partial charge in [0, 0.05) is 18.1 Å². The fourth-order valence-corrected chi connectivity index (χ4v) is 1.35. The predicted octanol–water partition coefficient (Wildman–Crippen LogP) is 1.39. The van der Waals surface area contributed by atoms with Gasteiger partial charge in [-0.2, -0.15) is 0 Å². The van der Waals surface area contributed by atoms with Crippen LogP contribution < -0.4 is 5.73 Å². The molecule has 2 N–H and O–H groups in total. The molecule has 1 unspecified atom stereocenters. The number of morpholine rings is 1. The van der Waals surface area contributed by atoms with Crippen molar-refractivity contribution in [1.29, 1.82) is 0 Å². The standard InChI is InChI=1S/C9H16ClN3O.HI/c1-7(10)5-12-9(11)13-3-4-14-8(2)6-13;/h8H,1,3-6H2,2H3,(H2,11,12);1H. The van der Waals surface area contributed by atoms with Crippen molar-refractivity contribution < 1.29 is 4.74 Å². The van der Waals surface area contributed by atoms with E-state index in [0.717, 1.165) is 13.1 Å². The van der Waals surface area contributed by atoms with Gasteiger partial charge in [-0.05, 0) is 6.92 Å². The molecule has 0 aromatic carbocycles. The van der Waals surface area contributed by atoms with Gasteiger partial charge in [0.25, 0.3) is 0 Å². The van der Waals surface area contributed by atoms with E-state index in [1.807, 2.05) is 11.8 Å². The highest BCUT2D eigenvalue weighted by Gasteiger charge is 2.17. The van der Waals surface area contributed by atoms with E-state index in [-0.39, 0.29) is 30.1 Å². The maximum Gasteiger partial charge on any atom is 0.191 e. The molecule has 0 aromatic rings. The van der Waals surface area contributed by atoms with Gasteiger partial charge in [0.1, 0.15) is 0 Å². The molecule has 1 saturated heterocycles. The number of nitrogens with two attached hydrogens (primary N) is 1. The molecule has 0 spiro atoms. The summed E-state index contributed by atoms with van der Waals surface area (Å²) in [5, 5.41) is 0.495. The quantitative estimate of drug-likeness (QED) is 0.467. The summed E-state index contributed by atoms with van der Waals surface area (Å²) in [5.74, 6) is 0.516. The lowest BCUT2D eigenvalue weighted by atomic mass is 10.3. The SMILES string of the molecule is C=C(Cl)CN=C(N)N1CCOC(C)C1.I. The molecule has 1 aliphatic rings. The van der Waals surface area contributed by atoms with Crippen LogP contribution in [0.2, 0.25) is 0 Å². The average molecular weight is 346 g/mol. The van der Waals surface area contributed by atoms with Crippen molar-refractivity contribution in [3.05, 3.63) is 11.6 Å². The zero-order valence-electron chi connectivity index (χ0n) is 8.78. The molecule has 0 bridgehead atoms. The molecule has 1 aliphatic heterocycles. The number of guanidine groups is 1. The van der Waals surface area contributed by atoms with Crippen molar-refractivity contribution in [3.63, 3.8) is 0 Å². The van der Waals surface area contributed by atoms with Crippen molar-refractivity contribution in [2.75, 3.05) is 26.2 Å². The molecule has 0 radical (unpaired) electrons. The molecular formula is C9H17ClIN3O. The van der Waals surface area contributed by atoms with Crippen molar-refractivity contribution >= 4 is 41.5 Å². The molecule has 15 heavy (non-hydrogen) atoms. The summed E-state index contributed by atoms with van der Waals surface area (Å²) in [6.07, 6.45) is 0.205. The van der Waals surface area contributed by atoms with E-state index in [9.17, 15) is 0 Å². The number of rotatable bonds is 2. The smallest absolute Gasteiger partial charge is 0.191 e. The van der Waals surface area contributed by atoms with Gasteiger partial charge in [0.2, 0.25) is 0 Å². The second-order valence-corrected chi connectivity index (χ2v) is 3.85. The first-order valence-corrected chi connectivity index (χ1v) is 4.97. The van der Waals surface area contributed by atoms with Crippen LogP contribution in [0.1, 0.15) is 6.92 Å². The molecule has 1 heterocycles. The second-order valence-electron chi connectivity index (χ2n) is 3.32. The summed E-state index contributed by atoms with van der Waals surface area (Å²) < 4.78 is 5.39. The highest BCUT2D eigenvalue weighted by molar-refractivity contribution is 14.0. The van der Waals surface area contributed by atoms with E-state index >= 15 is 0 Å². The molecule has 1 rings (SSSR count). The minimum absolute atomic E-state index is 0. The Morgan fingerprint density at radius 2 is 2.40 bits per heavy atom. The summed E-state index contributed by atoms with van der Waals surface area (Å²) in [5.41, 5.74) is 5.78. The largest absolute Gasteiger partial charge is 0.375 e. The Kier molecular flexibility index (Phi) is 7.29. The number of aliphatic imine (C=N–C) groups is 1. The molecule has 0 amide bonds. The van der Waals surface area contributed by atoms with Crippen LogP contribution >= 0.6 is 35.6 Å². The molecule has 1 atom stereocenters. The van der Waals surface area contributed by atoms with Crippen LogP contribution in [0.3, 0.4) is 0 Å². The van der Waals surface area contributed by atoms with Gasteiger partial charge in [-0.1, -0.05) is 18.2 Å². The molecular weight excluding hydrogens is 328 g/mol. The average Bonchev–Trinajstić information content (AvgIpc) is 2.14. The molecule has 4 nitrogen and oxygen atoms in total. The fourth-order valence-electron chi connectivity index (χ4n) is 1.29. The Morgan fingerprint density at radius 1 is 1.73 bits per heavy atom. The Hall–Kier alpha value is -0.0100. The third kappa shape index (κ3) is 5.58. The fraction of sp³-hybridized carbons (Fsp3) is 0.667. The summed E-state index contributed by atoms with van der Waals surface area (Å²) in [6, 6.07) is 0. The zero-order chi connectivity index (χ0) is 10.6. The lowest BCUT2D eigenvalue weighted by molar-refractivity contribution is 0.00532. The van der Waals surface area contributed by atoms with E-state index in [4.69, 9.17) is 22.1 Å².